The zero-order chi connectivity index (χ0) is 18.7. The lowest BCUT2D eigenvalue weighted by molar-refractivity contribution is -0.384. The Labute approximate surface area is 158 Å². The summed E-state index contributed by atoms with van der Waals surface area (Å²) >= 11 is 3.54. The fraction of sp³-hybridized carbons (Fsp3) is 0.294. The largest absolute Gasteiger partial charge is 0.465 e. The van der Waals surface area contributed by atoms with Crippen LogP contribution in [-0.2, 0) is 4.74 Å². The Morgan fingerprint density at radius 3 is 2.92 bits per heavy atom. The third kappa shape index (κ3) is 3.77. The Kier molecular flexibility index (Phi) is 5.36. The molecule has 2 aromatic rings. The van der Waals surface area contributed by atoms with Gasteiger partial charge in [0.25, 0.3) is 0 Å². The second kappa shape index (κ2) is 7.69. The first-order valence-corrected chi connectivity index (χ1v) is 8.77. The summed E-state index contributed by atoms with van der Waals surface area (Å²) in [5.74, 6) is -0.505. The molecule has 0 spiro atoms. The number of carbonyl (C=O) groups excluding carboxylic acids is 1. The van der Waals surface area contributed by atoms with E-state index in [1.807, 2.05) is 24.3 Å². The number of pyridine rings is 1. The first-order valence-electron chi connectivity index (χ1n) is 7.98. The SMILES string of the molecule is COC(=O)c1cnc(NC2CCN(c3ccccc3Br)C2)c([N+](=O)[O-])c1. The van der Waals surface area contributed by atoms with Gasteiger partial charge in [0.15, 0.2) is 0 Å². The molecule has 1 unspecified atom stereocenters. The molecule has 0 radical (unpaired) electrons. The topological polar surface area (TPSA) is 97.6 Å². The lowest BCUT2D eigenvalue weighted by Crippen LogP contribution is -2.27. The quantitative estimate of drug-likeness (QED) is 0.450. The minimum Gasteiger partial charge on any atom is -0.465 e. The average molecular weight is 421 g/mol. The fourth-order valence-electron chi connectivity index (χ4n) is 2.93. The van der Waals surface area contributed by atoms with E-state index >= 15 is 0 Å². The van der Waals surface area contributed by atoms with Gasteiger partial charge in [0.1, 0.15) is 0 Å². The zero-order valence-corrected chi connectivity index (χ0v) is 15.6. The number of rotatable bonds is 5. The highest BCUT2D eigenvalue weighted by Gasteiger charge is 2.27. The molecule has 3 rings (SSSR count). The number of para-hydroxylation sites is 1. The Balaban J connectivity index is 1.76. The van der Waals surface area contributed by atoms with E-state index in [1.165, 1.54) is 19.4 Å². The van der Waals surface area contributed by atoms with Crippen molar-refractivity contribution in [2.75, 3.05) is 30.4 Å². The Hall–Kier alpha value is -2.68. The van der Waals surface area contributed by atoms with Gasteiger partial charge >= 0.3 is 11.7 Å². The molecule has 1 aliphatic rings. The van der Waals surface area contributed by atoms with Crippen LogP contribution in [0.2, 0.25) is 0 Å². The predicted molar refractivity (Wildman–Crippen MR) is 101 cm³/mol. The number of hydrogen-bond acceptors (Lipinski definition) is 7. The second-order valence-electron chi connectivity index (χ2n) is 5.87. The number of benzene rings is 1. The van der Waals surface area contributed by atoms with Crippen molar-refractivity contribution < 1.29 is 14.5 Å². The lowest BCUT2D eigenvalue weighted by Gasteiger charge is -2.20. The van der Waals surface area contributed by atoms with Crippen molar-refractivity contribution >= 4 is 39.1 Å². The van der Waals surface area contributed by atoms with Crippen LogP contribution >= 0.6 is 15.9 Å². The molecule has 1 aromatic heterocycles. The molecule has 0 amide bonds. The predicted octanol–water partition coefficient (Wildman–Crippen LogP) is 3.23. The van der Waals surface area contributed by atoms with Crippen molar-refractivity contribution in [3.05, 3.63) is 56.7 Å². The van der Waals surface area contributed by atoms with Gasteiger partial charge in [-0.05, 0) is 34.5 Å². The van der Waals surface area contributed by atoms with E-state index in [4.69, 9.17) is 0 Å². The van der Waals surface area contributed by atoms with Gasteiger partial charge in [-0.3, -0.25) is 10.1 Å². The van der Waals surface area contributed by atoms with Crippen molar-refractivity contribution in [1.29, 1.82) is 0 Å². The molecule has 8 nitrogen and oxygen atoms in total. The molecule has 1 aromatic carbocycles. The average Bonchev–Trinajstić information content (AvgIpc) is 3.09. The van der Waals surface area contributed by atoms with E-state index < -0.39 is 10.9 Å². The van der Waals surface area contributed by atoms with Crippen LogP contribution in [0.4, 0.5) is 17.2 Å². The number of nitro groups is 1. The van der Waals surface area contributed by atoms with Crippen molar-refractivity contribution in [2.24, 2.45) is 0 Å². The maximum Gasteiger partial charge on any atom is 0.339 e. The first-order chi connectivity index (χ1) is 12.5. The van der Waals surface area contributed by atoms with E-state index in [0.717, 1.165) is 23.1 Å². The number of esters is 1. The number of halogens is 1. The van der Waals surface area contributed by atoms with Crippen LogP contribution < -0.4 is 10.2 Å². The summed E-state index contributed by atoms with van der Waals surface area (Å²) in [5, 5.41) is 14.5. The monoisotopic (exact) mass is 420 g/mol. The highest BCUT2D eigenvalue weighted by Crippen LogP contribution is 2.30. The Bertz CT molecular complexity index is 845. The molecular weight excluding hydrogens is 404 g/mol. The van der Waals surface area contributed by atoms with Crippen molar-refractivity contribution in [1.82, 2.24) is 4.98 Å². The minimum atomic E-state index is -0.659. The second-order valence-corrected chi connectivity index (χ2v) is 6.72. The van der Waals surface area contributed by atoms with E-state index in [0.29, 0.717) is 6.54 Å². The van der Waals surface area contributed by atoms with Crippen LogP contribution in [0.3, 0.4) is 0 Å². The molecule has 1 N–H and O–H groups in total. The number of aromatic nitrogens is 1. The minimum absolute atomic E-state index is 0.0114. The standard InChI is InChI=1S/C17H17BrN4O4/c1-26-17(23)11-8-15(22(24)25)16(19-9-11)20-12-6-7-21(10-12)14-5-3-2-4-13(14)18/h2-5,8-9,12H,6-7,10H2,1H3,(H,19,20). The molecule has 136 valence electrons. The highest BCUT2D eigenvalue weighted by molar-refractivity contribution is 9.10. The number of anilines is 2. The summed E-state index contributed by atoms with van der Waals surface area (Å²) in [5.41, 5.74) is 0.888. The molecular formula is C17H17BrN4O4. The molecule has 1 atom stereocenters. The van der Waals surface area contributed by atoms with Crippen molar-refractivity contribution in [3.63, 3.8) is 0 Å². The molecule has 1 fully saturated rings. The van der Waals surface area contributed by atoms with E-state index in [2.05, 4.69) is 35.9 Å². The maximum absolute atomic E-state index is 11.6. The zero-order valence-electron chi connectivity index (χ0n) is 14.0. The van der Waals surface area contributed by atoms with Gasteiger partial charge < -0.3 is 15.0 Å². The summed E-state index contributed by atoms with van der Waals surface area (Å²) in [6.07, 6.45) is 2.10. The number of hydrogen-bond donors (Lipinski definition) is 1. The molecule has 9 heteroatoms. The normalized spacial score (nSPS) is 16.4. The molecule has 26 heavy (non-hydrogen) atoms. The lowest BCUT2D eigenvalue weighted by atomic mass is 10.2. The van der Waals surface area contributed by atoms with E-state index in [-0.39, 0.29) is 23.1 Å². The number of ether oxygens (including phenoxy) is 1. The fourth-order valence-corrected chi connectivity index (χ4v) is 3.47. The Morgan fingerprint density at radius 2 is 2.23 bits per heavy atom. The molecule has 2 heterocycles. The molecule has 1 saturated heterocycles. The summed E-state index contributed by atoms with van der Waals surface area (Å²) in [6.45, 7) is 1.52. The molecule has 0 bridgehead atoms. The Morgan fingerprint density at radius 1 is 1.46 bits per heavy atom. The van der Waals surface area contributed by atoms with Gasteiger partial charge in [0, 0.05) is 35.9 Å². The number of nitrogens with zero attached hydrogens (tertiary/aromatic N) is 3. The summed E-state index contributed by atoms with van der Waals surface area (Å²) in [4.78, 5) is 28.6. The molecule has 0 saturated carbocycles. The summed E-state index contributed by atoms with van der Waals surface area (Å²) in [7, 11) is 1.22. The van der Waals surface area contributed by atoms with Crippen molar-refractivity contribution in [3.8, 4) is 0 Å². The smallest absolute Gasteiger partial charge is 0.339 e. The summed E-state index contributed by atoms with van der Waals surface area (Å²) < 4.78 is 5.59. The van der Waals surface area contributed by atoms with Gasteiger partial charge in [-0.25, -0.2) is 9.78 Å². The molecule has 1 aliphatic heterocycles. The maximum atomic E-state index is 11.6. The van der Waals surface area contributed by atoms with Crippen molar-refractivity contribution in [2.45, 2.75) is 12.5 Å². The summed E-state index contributed by atoms with van der Waals surface area (Å²) in [6, 6.07) is 9.12. The number of nitrogens with one attached hydrogen (secondary N) is 1. The first kappa shape index (κ1) is 18.1. The van der Waals surface area contributed by atoms with Gasteiger partial charge in [-0.15, -0.1) is 0 Å². The highest BCUT2D eigenvalue weighted by atomic mass is 79.9. The van der Waals surface area contributed by atoms with Crippen LogP contribution in [0.1, 0.15) is 16.8 Å². The van der Waals surface area contributed by atoms with Gasteiger partial charge in [-0.1, -0.05) is 12.1 Å². The van der Waals surface area contributed by atoms with Crippen LogP contribution in [0.25, 0.3) is 0 Å². The third-order valence-corrected chi connectivity index (χ3v) is 4.88. The van der Waals surface area contributed by atoms with Gasteiger partial charge in [0.2, 0.25) is 5.82 Å². The number of methoxy groups -OCH3 is 1. The van der Waals surface area contributed by atoms with Crippen LogP contribution in [0, 0.1) is 10.1 Å². The van der Waals surface area contributed by atoms with Gasteiger partial charge in [-0.2, -0.15) is 0 Å². The van der Waals surface area contributed by atoms with Gasteiger partial charge in [0.05, 0.1) is 23.3 Å². The van der Waals surface area contributed by atoms with Crippen LogP contribution in [0.15, 0.2) is 41.0 Å². The number of carbonyl (C=O) groups is 1. The third-order valence-electron chi connectivity index (χ3n) is 4.21. The van der Waals surface area contributed by atoms with E-state index in [1.54, 1.807) is 0 Å². The molecule has 0 aliphatic carbocycles. The van der Waals surface area contributed by atoms with Crippen LogP contribution in [-0.4, -0.2) is 42.1 Å². The van der Waals surface area contributed by atoms with Crippen LogP contribution in [0.5, 0.6) is 0 Å². The van der Waals surface area contributed by atoms with E-state index in [9.17, 15) is 14.9 Å².